The molecule has 7 heteroatoms. The normalized spacial score (nSPS) is 23.9. The number of hydrogen-bond donors (Lipinski definition) is 1. The van der Waals surface area contributed by atoms with Gasteiger partial charge in [-0.05, 0) is 18.1 Å². The average molecular weight is 183 g/mol. The number of aliphatic hydroxyl groups excluding tert-OH is 1. The minimum absolute atomic E-state index is 0. The van der Waals surface area contributed by atoms with Crippen LogP contribution in [0.2, 0.25) is 0 Å². The van der Waals surface area contributed by atoms with E-state index in [1.807, 2.05) is 0 Å². The van der Waals surface area contributed by atoms with E-state index in [4.69, 9.17) is 5.11 Å². The van der Waals surface area contributed by atoms with E-state index >= 15 is 0 Å². The van der Waals surface area contributed by atoms with Crippen LogP contribution in [0.5, 0.6) is 0 Å². The number of nitrogens with zero attached hydrogens (tertiary/aromatic N) is 3. The first-order valence-electron chi connectivity index (χ1n) is 3.47. The van der Waals surface area contributed by atoms with Crippen molar-refractivity contribution in [2.45, 2.75) is 18.9 Å². The molecule has 0 unspecified atom stereocenters. The quantitative estimate of drug-likeness (QED) is 0.212. The summed E-state index contributed by atoms with van der Waals surface area (Å²) >= 11 is 0. The average Bonchev–Trinajstić information content (AvgIpc) is 2.50. The molecule has 12 heavy (non-hydrogen) atoms. The smallest absolute Gasteiger partial charge is 0.737 e. The number of hydrogen-bond acceptors (Lipinski definition) is 4. The summed E-state index contributed by atoms with van der Waals surface area (Å²) in [6.45, 7) is 0.398. The summed E-state index contributed by atoms with van der Waals surface area (Å²) in [7, 11) is 0. The second kappa shape index (κ2) is 5.58. The van der Waals surface area contributed by atoms with Gasteiger partial charge < -0.3 is 15.5 Å². The third-order valence-electron chi connectivity index (χ3n) is 1.85. The van der Waals surface area contributed by atoms with E-state index in [0.29, 0.717) is 6.54 Å². The second-order valence-corrected chi connectivity index (χ2v) is 2.48. The van der Waals surface area contributed by atoms with Crippen LogP contribution in [-0.2, 0) is 0 Å². The second-order valence-electron chi connectivity index (χ2n) is 2.48. The molecule has 1 aliphatic rings. The van der Waals surface area contributed by atoms with E-state index in [0.717, 1.165) is 12.8 Å². The van der Waals surface area contributed by atoms with Gasteiger partial charge in [-0.25, -0.2) is 0 Å². The molecule has 1 atom stereocenters. The standard InChI is InChI=1S/C5H11N3O3.Na/c9-4-5-2-1-3-7(5)8(11)6-10;/h5,9-10H,1-4H2;/q;+1/p-1/t5-;/m0./s1. The third kappa shape index (κ3) is 2.48. The molecular formula is C5H10N3NaO3. The molecule has 1 saturated heterocycles. The maximum absolute atomic E-state index is 10.6. The van der Waals surface area contributed by atoms with Crippen molar-refractivity contribution in [3.05, 3.63) is 10.4 Å². The molecule has 0 aliphatic carbocycles. The summed E-state index contributed by atoms with van der Waals surface area (Å²) in [6.07, 6.45) is 1.56. The summed E-state index contributed by atoms with van der Waals surface area (Å²) in [5.41, 5.74) is 0. The first kappa shape index (κ1) is 12.0. The van der Waals surface area contributed by atoms with Crippen molar-refractivity contribution in [1.29, 1.82) is 0 Å². The van der Waals surface area contributed by atoms with Gasteiger partial charge in [0.25, 0.3) is 0 Å². The first-order chi connectivity index (χ1) is 5.29. The third-order valence-corrected chi connectivity index (χ3v) is 1.85. The molecule has 1 fully saturated rings. The van der Waals surface area contributed by atoms with E-state index in [1.165, 1.54) is 5.01 Å². The zero-order valence-corrected chi connectivity index (χ0v) is 9.01. The van der Waals surface area contributed by atoms with Gasteiger partial charge in [0, 0.05) is 4.97 Å². The van der Waals surface area contributed by atoms with Gasteiger partial charge in [0.2, 0.25) is 0 Å². The summed E-state index contributed by atoms with van der Waals surface area (Å²) in [6, 6.07) is -0.231. The molecule has 0 aromatic carbocycles. The van der Waals surface area contributed by atoms with Crippen LogP contribution >= 0.6 is 0 Å². The van der Waals surface area contributed by atoms with E-state index < -0.39 is 0 Å². The maximum atomic E-state index is 10.6. The molecule has 0 amide bonds. The Morgan fingerprint density at radius 3 is 2.83 bits per heavy atom. The minimum atomic E-state index is -0.231. The fraction of sp³-hybridized carbons (Fsp3) is 1.00. The first-order valence-corrected chi connectivity index (χ1v) is 3.47. The van der Waals surface area contributed by atoms with Crippen molar-refractivity contribution in [3.8, 4) is 0 Å². The largest absolute Gasteiger partial charge is 1.00 e. The van der Waals surface area contributed by atoms with Gasteiger partial charge in [-0.15, -0.1) is 5.01 Å². The molecule has 1 N–H and O–H groups in total. The number of aliphatic hydroxyl groups is 1. The van der Waals surface area contributed by atoms with Gasteiger partial charge in [0.1, 0.15) is 6.04 Å². The van der Waals surface area contributed by atoms with Gasteiger partial charge >= 0.3 is 29.6 Å². The van der Waals surface area contributed by atoms with Gasteiger partial charge in [-0.2, -0.15) is 0 Å². The zero-order valence-electron chi connectivity index (χ0n) is 7.01. The van der Waals surface area contributed by atoms with E-state index in [9.17, 15) is 10.4 Å². The Morgan fingerprint density at radius 2 is 2.33 bits per heavy atom. The molecule has 0 bridgehead atoms. The van der Waals surface area contributed by atoms with Crippen LogP contribution in [-0.4, -0.2) is 34.3 Å². The van der Waals surface area contributed by atoms with Crippen molar-refractivity contribution in [1.82, 2.24) is 5.01 Å². The van der Waals surface area contributed by atoms with Crippen LogP contribution in [0.3, 0.4) is 0 Å². The molecule has 1 rings (SSSR count). The zero-order chi connectivity index (χ0) is 8.27. The molecular weight excluding hydrogens is 173 g/mol. The van der Waals surface area contributed by atoms with Crippen LogP contribution < -0.4 is 29.6 Å². The van der Waals surface area contributed by atoms with Crippen molar-refractivity contribution >= 4 is 0 Å². The fourth-order valence-electron chi connectivity index (χ4n) is 1.28. The Balaban J connectivity index is 0.00000121. The van der Waals surface area contributed by atoms with Crippen molar-refractivity contribution < 1.29 is 39.6 Å². The molecule has 0 radical (unpaired) electrons. The van der Waals surface area contributed by atoms with E-state index in [2.05, 4.69) is 5.28 Å². The van der Waals surface area contributed by atoms with Crippen molar-refractivity contribution in [3.63, 3.8) is 0 Å². The fourth-order valence-corrected chi connectivity index (χ4v) is 1.28. The molecule has 0 saturated carbocycles. The van der Waals surface area contributed by atoms with Gasteiger partial charge in [0.15, 0.2) is 0 Å². The van der Waals surface area contributed by atoms with E-state index in [1.54, 1.807) is 0 Å². The Labute approximate surface area is 92.3 Å². The summed E-state index contributed by atoms with van der Waals surface area (Å²) in [5.74, 6) is 0. The van der Waals surface area contributed by atoms with Crippen molar-refractivity contribution in [2.24, 2.45) is 5.28 Å². The van der Waals surface area contributed by atoms with Gasteiger partial charge in [-0.3, -0.25) is 0 Å². The molecule has 1 aliphatic heterocycles. The van der Waals surface area contributed by atoms with Crippen LogP contribution in [0.1, 0.15) is 12.8 Å². The topological polar surface area (TPSA) is 85.0 Å². The summed E-state index contributed by atoms with van der Waals surface area (Å²) in [5, 5.41) is 32.6. The minimum Gasteiger partial charge on any atom is -0.737 e. The van der Waals surface area contributed by atoms with Crippen LogP contribution in [0.4, 0.5) is 0 Å². The monoisotopic (exact) mass is 183 g/mol. The molecule has 1 heterocycles. The number of rotatable bonds is 2. The van der Waals surface area contributed by atoms with Crippen molar-refractivity contribution in [2.75, 3.05) is 13.2 Å². The van der Waals surface area contributed by atoms with Crippen LogP contribution in [0, 0.1) is 10.4 Å². The predicted octanol–water partition coefficient (Wildman–Crippen LogP) is -3.18. The Morgan fingerprint density at radius 1 is 1.67 bits per heavy atom. The van der Waals surface area contributed by atoms with E-state index in [-0.39, 0.29) is 47.2 Å². The SMILES string of the molecule is [Na+].[O-]N=[N+]([O-])N1CCC[C@H]1CO. The molecule has 0 aromatic rings. The van der Waals surface area contributed by atoms with Crippen LogP contribution in [0.15, 0.2) is 5.28 Å². The van der Waals surface area contributed by atoms with Gasteiger partial charge in [-0.1, -0.05) is 0 Å². The molecule has 64 valence electrons. The summed E-state index contributed by atoms with van der Waals surface area (Å²) < 4.78 is 0. The maximum Gasteiger partial charge on any atom is 1.00 e. The Kier molecular flexibility index (Phi) is 5.56. The molecule has 0 aromatic heterocycles. The molecule has 6 nitrogen and oxygen atoms in total. The Hall–Kier alpha value is -0.0400. The predicted molar refractivity (Wildman–Crippen MR) is 36.2 cm³/mol. The molecule has 0 spiro atoms. The van der Waals surface area contributed by atoms with Gasteiger partial charge in [0.05, 0.1) is 13.2 Å². The number of hydrazine groups is 1. The Bertz CT molecular complexity index is 166. The van der Waals surface area contributed by atoms with Crippen LogP contribution in [0.25, 0.3) is 0 Å². The summed E-state index contributed by atoms with van der Waals surface area (Å²) in [4.78, 5) is 0.00782.